The van der Waals surface area contributed by atoms with Crippen LogP contribution in [0.1, 0.15) is 19.8 Å². The summed E-state index contributed by atoms with van der Waals surface area (Å²) in [5.41, 5.74) is 1.57. The van der Waals surface area contributed by atoms with Crippen LogP contribution in [0.2, 0.25) is 0 Å². The summed E-state index contributed by atoms with van der Waals surface area (Å²) in [5, 5.41) is 6.37. The Morgan fingerprint density at radius 1 is 1.29 bits per heavy atom. The number of hydrogen-bond donors (Lipinski definition) is 2. The maximum absolute atomic E-state index is 12.5. The van der Waals surface area contributed by atoms with Crippen molar-refractivity contribution < 1.29 is 4.79 Å². The Morgan fingerprint density at radius 3 is 2.81 bits per heavy atom. The predicted molar refractivity (Wildman–Crippen MR) is 84.6 cm³/mol. The van der Waals surface area contributed by atoms with Crippen LogP contribution in [0.3, 0.4) is 0 Å². The molecule has 1 amide bonds. The van der Waals surface area contributed by atoms with E-state index >= 15 is 0 Å². The number of nitrogens with one attached hydrogen (secondary N) is 2. The van der Waals surface area contributed by atoms with E-state index in [9.17, 15) is 4.79 Å². The van der Waals surface area contributed by atoms with Crippen LogP contribution in [-0.4, -0.2) is 23.6 Å². The molecule has 3 rings (SSSR count). The first kappa shape index (κ1) is 13.9. The van der Waals surface area contributed by atoms with Gasteiger partial charge in [0.15, 0.2) is 0 Å². The van der Waals surface area contributed by atoms with Crippen LogP contribution in [0.15, 0.2) is 48.8 Å². The molecule has 1 fully saturated rings. The number of carbonyl (C=O) groups is 1. The molecule has 1 aromatic heterocycles. The third-order valence-corrected chi connectivity index (χ3v) is 4.15. The molecule has 1 aromatic carbocycles. The van der Waals surface area contributed by atoms with E-state index in [0.717, 1.165) is 37.3 Å². The van der Waals surface area contributed by atoms with Gasteiger partial charge in [0.05, 0.1) is 5.41 Å². The highest BCUT2D eigenvalue weighted by Gasteiger charge is 2.34. The first-order chi connectivity index (χ1) is 10.2. The monoisotopic (exact) mass is 283 g/mol. The van der Waals surface area contributed by atoms with E-state index in [4.69, 9.17) is 0 Å². The largest absolute Gasteiger partial charge is 0.326 e. The summed E-state index contributed by atoms with van der Waals surface area (Å²) in [5.74, 6) is 0.0966. The number of aromatic nitrogens is 1. The van der Waals surface area contributed by atoms with Crippen molar-refractivity contribution in [3.05, 3.63) is 48.8 Å². The van der Waals surface area contributed by atoms with Gasteiger partial charge in [0.2, 0.25) is 5.91 Å². The molecule has 0 spiro atoms. The molecule has 4 nitrogen and oxygen atoms in total. The lowest BCUT2D eigenvalue weighted by atomic mass is 9.82. The molecular formula is C17H21N3O. The van der Waals surface area contributed by atoms with E-state index in [1.165, 1.54) is 0 Å². The molecule has 0 saturated carbocycles. The number of piperidine rings is 1. The van der Waals surface area contributed by atoms with Crippen molar-refractivity contribution in [2.75, 3.05) is 18.4 Å². The fourth-order valence-corrected chi connectivity index (χ4v) is 2.78. The molecule has 2 aromatic rings. The Balaban J connectivity index is 1.76. The minimum Gasteiger partial charge on any atom is -0.326 e. The molecule has 4 heteroatoms. The Kier molecular flexibility index (Phi) is 3.80. The zero-order chi connectivity index (χ0) is 14.7. The average molecular weight is 283 g/mol. The second kappa shape index (κ2) is 5.74. The van der Waals surface area contributed by atoms with Gasteiger partial charge >= 0.3 is 0 Å². The summed E-state index contributed by atoms with van der Waals surface area (Å²) in [6.45, 7) is 3.78. The lowest BCUT2D eigenvalue weighted by Gasteiger charge is -2.32. The van der Waals surface area contributed by atoms with Crippen LogP contribution >= 0.6 is 0 Å². The first-order valence-corrected chi connectivity index (χ1v) is 7.43. The zero-order valence-corrected chi connectivity index (χ0v) is 12.3. The van der Waals surface area contributed by atoms with Crippen molar-refractivity contribution in [2.24, 2.45) is 5.41 Å². The van der Waals surface area contributed by atoms with Crippen molar-refractivity contribution in [2.45, 2.75) is 19.8 Å². The molecule has 2 heterocycles. The molecule has 110 valence electrons. The standard InChI is InChI=1S/C17H21N3O/c1-17(8-5-9-18-13-17)16(21)19-14-6-4-7-15(12-14)20-10-2-3-11-20/h2-4,6-7,10-12,18H,5,8-9,13H2,1H3,(H,19,21). The molecule has 1 unspecified atom stereocenters. The average Bonchev–Trinajstić information content (AvgIpc) is 3.02. The summed E-state index contributed by atoms with van der Waals surface area (Å²) in [4.78, 5) is 12.5. The van der Waals surface area contributed by atoms with Gasteiger partial charge in [-0.2, -0.15) is 0 Å². The van der Waals surface area contributed by atoms with Crippen molar-refractivity contribution >= 4 is 11.6 Å². The molecule has 0 bridgehead atoms. The number of hydrogen-bond acceptors (Lipinski definition) is 2. The Labute approximate surface area is 125 Å². The maximum atomic E-state index is 12.5. The fourth-order valence-electron chi connectivity index (χ4n) is 2.78. The van der Waals surface area contributed by atoms with Gasteiger partial charge in [0.1, 0.15) is 0 Å². The van der Waals surface area contributed by atoms with E-state index in [-0.39, 0.29) is 11.3 Å². The second-order valence-corrected chi connectivity index (χ2v) is 5.94. The van der Waals surface area contributed by atoms with Crippen LogP contribution in [-0.2, 0) is 4.79 Å². The molecule has 2 N–H and O–H groups in total. The third-order valence-electron chi connectivity index (χ3n) is 4.15. The third kappa shape index (κ3) is 3.00. The quantitative estimate of drug-likeness (QED) is 0.910. The summed E-state index contributed by atoms with van der Waals surface area (Å²) in [6, 6.07) is 11.9. The Hall–Kier alpha value is -2.07. The van der Waals surface area contributed by atoms with Crippen molar-refractivity contribution in [3.63, 3.8) is 0 Å². The predicted octanol–water partition coefficient (Wildman–Crippen LogP) is 2.81. The first-order valence-electron chi connectivity index (χ1n) is 7.43. The number of nitrogens with zero attached hydrogens (tertiary/aromatic N) is 1. The van der Waals surface area contributed by atoms with Gasteiger partial charge in [-0.1, -0.05) is 6.07 Å². The normalized spacial score (nSPS) is 22.0. The zero-order valence-electron chi connectivity index (χ0n) is 12.3. The molecule has 1 aliphatic rings. The molecule has 21 heavy (non-hydrogen) atoms. The van der Waals surface area contributed by atoms with Gasteiger partial charge in [-0.3, -0.25) is 4.79 Å². The number of carbonyl (C=O) groups excluding carboxylic acids is 1. The van der Waals surface area contributed by atoms with Crippen molar-refractivity contribution in [3.8, 4) is 5.69 Å². The van der Waals surface area contributed by atoms with E-state index < -0.39 is 0 Å². The highest BCUT2D eigenvalue weighted by molar-refractivity contribution is 5.95. The Morgan fingerprint density at radius 2 is 2.10 bits per heavy atom. The molecule has 0 radical (unpaired) electrons. The second-order valence-electron chi connectivity index (χ2n) is 5.94. The van der Waals surface area contributed by atoms with Gasteiger partial charge in [0, 0.05) is 30.3 Å². The van der Waals surface area contributed by atoms with E-state index in [0.29, 0.717) is 0 Å². The van der Waals surface area contributed by atoms with Crippen LogP contribution in [0.5, 0.6) is 0 Å². The SMILES string of the molecule is CC1(C(=O)Nc2cccc(-n3cccc3)c2)CCCNC1. The smallest absolute Gasteiger partial charge is 0.231 e. The van der Waals surface area contributed by atoms with Gasteiger partial charge < -0.3 is 15.2 Å². The minimum atomic E-state index is -0.318. The number of benzene rings is 1. The van der Waals surface area contributed by atoms with Gasteiger partial charge in [-0.15, -0.1) is 0 Å². The van der Waals surface area contributed by atoms with E-state index in [1.807, 2.05) is 60.3 Å². The number of anilines is 1. The summed E-state index contributed by atoms with van der Waals surface area (Å²) >= 11 is 0. The number of rotatable bonds is 3. The van der Waals surface area contributed by atoms with Crippen LogP contribution in [0, 0.1) is 5.41 Å². The summed E-state index contributed by atoms with van der Waals surface area (Å²) < 4.78 is 2.03. The highest BCUT2D eigenvalue weighted by Crippen LogP contribution is 2.27. The maximum Gasteiger partial charge on any atom is 0.231 e. The summed E-state index contributed by atoms with van der Waals surface area (Å²) in [6.07, 6.45) is 5.97. The molecule has 0 aliphatic carbocycles. The fraction of sp³-hybridized carbons (Fsp3) is 0.353. The van der Waals surface area contributed by atoms with Crippen LogP contribution < -0.4 is 10.6 Å². The summed E-state index contributed by atoms with van der Waals surface area (Å²) in [7, 11) is 0. The van der Waals surface area contributed by atoms with Gasteiger partial charge in [-0.25, -0.2) is 0 Å². The van der Waals surface area contributed by atoms with E-state index in [1.54, 1.807) is 0 Å². The molecule has 1 atom stereocenters. The van der Waals surface area contributed by atoms with Crippen LogP contribution in [0.25, 0.3) is 5.69 Å². The van der Waals surface area contributed by atoms with Gasteiger partial charge in [-0.05, 0) is 56.6 Å². The lowest BCUT2D eigenvalue weighted by Crippen LogP contribution is -2.46. The molecule has 1 aliphatic heterocycles. The van der Waals surface area contributed by atoms with Crippen LogP contribution in [0.4, 0.5) is 5.69 Å². The molecule has 1 saturated heterocycles. The molecular weight excluding hydrogens is 262 g/mol. The van der Waals surface area contributed by atoms with Gasteiger partial charge in [0.25, 0.3) is 0 Å². The minimum absolute atomic E-state index is 0.0966. The van der Waals surface area contributed by atoms with Crippen molar-refractivity contribution in [1.82, 2.24) is 9.88 Å². The van der Waals surface area contributed by atoms with E-state index in [2.05, 4.69) is 10.6 Å². The number of amides is 1. The lowest BCUT2D eigenvalue weighted by molar-refractivity contribution is -0.125. The Bertz CT molecular complexity index is 613. The highest BCUT2D eigenvalue weighted by atomic mass is 16.2. The van der Waals surface area contributed by atoms with Crippen molar-refractivity contribution in [1.29, 1.82) is 0 Å². The topological polar surface area (TPSA) is 46.1 Å².